The summed E-state index contributed by atoms with van der Waals surface area (Å²) in [6.07, 6.45) is 3.36. The SMILES string of the molecule is CCCCCN1C(=O)CNC1c1cccc(Cl)c1. The van der Waals surface area contributed by atoms with Gasteiger partial charge in [-0.05, 0) is 24.1 Å². The lowest BCUT2D eigenvalue weighted by molar-refractivity contribution is -0.128. The average Bonchev–Trinajstić information content (AvgIpc) is 2.72. The Hall–Kier alpha value is -1.06. The van der Waals surface area contributed by atoms with Gasteiger partial charge in [-0.2, -0.15) is 0 Å². The zero-order chi connectivity index (χ0) is 13.0. The van der Waals surface area contributed by atoms with Crippen molar-refractivity contribution in [1.29, 1.82) is 0 Å². The van der Waals surface area contributed by atoms with Crippen LogP contribution in [0.4, 0.5) is 0 Å². The zero-order valence-electron chi connectivity index (χ0n) is 10.7. The van der Waals surface area contributed by atoms with Crippen LogP contribution in [-0.4, -0.2) is 23.9 Å². The molecule has 1 N–H and O–H groups in total. The fourth-order valence-corrected chi connectivity index (χ4v) is 2.50. The Bertz CT molecular complexity index is 422. The summed E-state index contributed by atoms with van der Waals surface area (Å²) in [5, 5.41) is 3.95. The van der Waals surface area contributed by atoms with E-state index in [4.69, 9.17) is 11.6 Å². The van der Waals surface area contributed by atoms with Crippen LogP contribution in [0.1, 0.15) is 37.9 Å². The molecule has 0 bridgehead atoms. The molecule has 0 radical (unpaired) electrons. The van der Waals surface area contributed by atoms with Crippen LogP contribution in [0.5, 0.6) is 0 Å². The van der Waals surface area contributed by atoms with Crippen LogP contribution >= 0.6 is 11.6 Å². The van der Waals surface area contributed by atoms with Gasteiger partial charge in [-0.1, -0.05) is 43.5 Å². The molecule has 2 rings (SSSR count). The third kappa shape index (κ3) is 3.03. The van der Waals surface area contributed by atoms with Gasteiger partial charge in [0.25, 0.3) is 0 Å². The molecular formula is C14H19ClN2O. The van der Waals surface area contributed by atoms with Gasteiger partial charge in [-0.25, -0.2) is 0 Å². The first kappa shape index (κ1) is 13.4. The Morgan fingerprint density at radius 2 is 2.28 bits per heavy atom. The number of hydrogen-bond acceptors (Lipinski definition) is 2. The minimum atomic E-state index is -0.0203. The second-order valence-corrected chi connectivity index (χ2v) is 5.07. The quantitative estimate of drug-likeness (QED) is 0.831. The van der Waals surface area contributed by atoms with Crippen molar-refractivity contribution in [2.45, 2.75) is 32.4 Å². The summed E-state index contributed by atoms with van der Waals surface area (Å²) in [6, 6.07) is 7.70. The first-order valence-corrected chi connectivity index (χ1v) is 6.88. The summed E-state index contributed by atoms with van der Waals surface area (Å²) in [4.78, 5) is 13.8. The zero-order valence-corrected chi connectivity index (χ0v) is 11.4. The van der Waals surface area contributed by atoms with Gasteiger partial charge in [0.2, 0.25) is 5.91 Å². The van der Waals surface area contributed by atoms with E-state index in [1.54, 1.807) is 0 Å². The second-order valence-electron chi connectivity index (χ2n) is 4.63. The monoisotopic (exact) mass is 266 g/mol. The first-order valence-electron chi connectivity index (χ1n) is 6.50. The van der Waals surface area contributed by atoms with E-state index in [9.17, 15) is 4.79 Å². The van der Waals surface area contributed by atoms with E-state index >= 15 is 0 Å². The number of carbonyl (C=O) groups excluding carboxylic acids is 1. The highest BCUT2D eigenvalue weighted by Crippen LogP contribution is 2.25. The third-order valence-electron chi connectivity index (χ3n) is 3.25. The first-order chi connectivity index (χ1) is 8.72. The van der Waals surface area contributed by atoms with Crippen molar-refractivity contribution >= 4 is 17.5 Å². The van der Waals surface area contributed by atoms with Crippen LogP contribution in [0.25, 0.3) is 0 Å². The molecule has 0 aromatic heterocycles. The molecule has 18 heavy (non-hydrogen) atoms. The largest absolute Gasteiger partial charge is 0.322 e. The highest BCUT2D eigenvalue weighted by molar-refractivity contribution is 6.30. The van der Waals surface area contributed by atoms with Gasteiger partial charge in [0.15, 0.2) is 0 Å². The van der Waals surface area contributed by atoms with E-state index in [0.717, 1.165) is 31.4 Å². The Morgan fingerprint density at radius 1 is 1.44 bits per heavy atom. The van der Waals surface area contributed by atoms with Gasteiger partial charge >= 0.3 is 0 Å². The lowest BCUT2D eigenvalue weighted by atomic mass is 10.1. The molecule has 3 nitrogen and oxygen atoms in total. The molecule has 1 aliphatic rings. The number of unbranched alkanes of at least 4 members (excludes halogenated alkanes) is 2. The van der Waals surface area contributed by atoms with Crippen molar-refractivity contribution in [1.82, 2.24) is 10.2 Å². The van der Waals surface area contributed by atoms with Gasteiger partial charge in [0.05, 0.1) is 6.54 Å². The van der Waals surface area contributed by atoms with E-state index in [0.29, 0.717) is 11.6 Å². The van der Waals surface area contributed by atoms with Crippen LogP contribution < -0.4 is 5.32 Å². The average molecular weight is 267 g/mol. The lowest BCUT2D eigenvalue weighted by Gasteiger charge is -2.24. The highest BCUT2D eigenvalue weighted by atomic mass is 35.5. The van der Waals surface area contributed by atoms with E-state index in [2.05, 4.69) is 12.2 Å². The second kappa shape index (κ2) is 6.21. The topological polar surface area (TPSA) is 32.3 Å². The van der Waals surface area contributed by atoms with Crippen molar-refractivity contribution in [3.05, 3.63) is 34.9 Å². The minimum Gasteiger partial charge on any atom is -0.322 e. The number of halogens is 1. The summed E-state index contributed by atoms with van der Waals surface area (Å²) in [5.74, 6) is 0.177. The predicted octanol–water partition coefficient (Wildman–Crippen LogP) is 2.96. The van der Waals surface area contributed by atoms with Crippen LogP contribution in [-0.2, 0) is 4.79 Å². The lowest BCUT2D eigenvalue weighted by Crippen LogP contribution is -2.31. The number of amides is 1. The molecule has 1 aliphatic heterocycles. The molecule has 1 fully saturated rings. The molecule has 0 aliphatic carbocycles. The van der Waals surface area contributed by atoms with Gasteiger partial charge in [-0.15, -0.1) is 0 Å². The molecular weight excluding hydrogens is 248 g/mol. The smallest absolute Gasteiger partial charge is 0.238 e. The molecule has 98 valence electrons. The molecule has 1 heterocycles. The van der Waals surface area contributed by atoms with Gasteiger partial charge in [0, 0.05) is 11.6 Å². The Labute approximate surface area is 113 Å². The molecule has 0 saturated carbocycles. The van der Waals surface area contributed by atoms with Crippen LogP contribution in [0.15, 0.2) is 24.3 Å². The highest BCUT2D eigenvalue weighted by Gasteiger charge is 2.30. The van der Waals surface area contributed by atoms with Crippen molar-refractivity contribution in [2.75, 3.05) is 13.1 Å². The number of hydrogen-bond donors (Lipinski definition) is 1. The summed E-state index contributed by atoms with van der Waals surface area (Å²) in [7, 11) is 0. The normalized spacial score (nSPS) is 19.6. The fraction of sp³-hybridized carbons (Fsp3) is 0.500. The van der Waals surface area contributed by atoms with Gasteiger partial charge in [-0.3, -0.25) is 10.1 Å². The van der Waals surface area contributed by atoms with Crippen molar-refractivity contribution in [3.8, 4) is 0 Å². The molecule has 1 aromatic carbocycles. The Balaban J connectivity index is 2.08. The molecule has 4 heteroatoms. The summed E-state index contributed by atoms with van der Waals surface area (Å²) in [5.41, 5.74) is 1.06. The van der Waals surface area contributed by atoms with Crippen LogP contribution in [0.3, 0.4) is 0 Å². The standard InChI is InChI=1S/C14H19ClN2O/c1-2-3-4-8-17-13(18)10-16-14(17)11-6-5-7-12(15)9-11/h5-7,9,14,16H,2-4,8,10H2,1H3. The Morgan fingerprint density at radius 3 is 3.00 bits per heavy atom. The van der Waals surface area contributed by atoms with Crippen molar-refractivity contribution in [2.24, 2.45) is 0 Å². The number of rotatable bonds is 5. The molecule has 1 atom stereocenters. The van der Waals surface area contributed by atoms with Crippen molar-refractivity contribution < 1.29 is 4.79 Å². The predicted molar refractivity (Wildman–Crippen MR) is 73.4 cm³/mol. The molecule has 1 aromatic rings. The van der Waals surface area contributed by atoms with Gasteiger partial charge in [0.1, 0.15) is 6.17 Å². The van der Waals surface area contributed by atoms with Crippen molar-refractivity contribution in [3.63, 3.8) is 0 Å². The molecule has 1 saturated heterocycles. The summed E-state index contributed by atoms with van der Waals surface area (Å²) >= 11 is 6.00. The van der Waals surface area contributed by atoms with Crippen LogP contribution in [0.2, 0.25) is 5.02 Å². The Kier molecular flexibility index (Phi) is 4.61. The minimum absolute atomic E-state index is 0.0203. The van der Waals surface area contributed by atoms with E-state index in [1.165, 1.54) is 0 Å². The molecule has 1 unspecified atom stereocenters. The number of nitrogens with one attached hydrogen (secondary N) is 1. The summed E-state index contributed by atoms with van der Waals surface area (Å²) in [6.45, 7) is 3.40. The number of carbonyl (C=O) groups is 1. The van der Waals surface area contributed by atoms with Crippen LogP contribution in [0, 0.1) is 0 Å². The van der Waals surface area contributed by atoms with Gasteiger partial charge < -0.3 is 4.90 Å². The fourth-order valence-electron chi connectivity index (χ4n) is 2.30. The maximum absolute atomic E-state index is 11.9. The number of benzene rings is 1. The maximum atomic E-state index is 11.9. The van der Waals surface area contributed by atoms with E-state index in [1.807, 2.05) is 29.2 Å². The van der Waals surface area contributed by atoms with E-state index in [-0.39, 0.29) is 12.1 Å². The summed E-state index contributed by atoms with van der Waals surface area (Å²) < 4.78 is 0. The van der Waals surface area contributed by atoms with E-state index < -0.39 is 0 Å². The maximum Gasteiger partial charge on any atom is 0.238 e. The number of nitrogens with zero attached hydrogens (tertiary/aromatic N) is 1. The molecule has 0 spiro atoms. The third-order valence-corrected chi connectivity index (χ3v) is 3.48. The molecule has 1 amide bonds.